The molecule has 0 aliphatic carbocycles. The minimum absolute atomic E-state index is 0.0251. The van der Waals surface area contributed by atoms with Crippen molar-refractivity contribution in [2.75, 3.05) is 4.72 Å². The lowest BCUT2D eigenvalue weighted by molar-refractivity contribution is 0.600. The van der Waals surface area contributed by atoms with Crippen LogP contribution in [0.5, 0.6) is 0 Å². The second-order valence-electron chi connectivity index (χ2n) is 6.01. The van der Waals surface area contributed by atoms with Crippen molar-refractivity contribution in [3.8, 4) is 0 Å². The molecular formula is C19H15ClN4O2S. The maximum absolute atomic E-state index is 12.6. The molecule has 136 valence electrons. The van der Waals surface area contributed by atoms with Gasteiger partial charge in [0.2, 0.25) is 0 Å². The second kappa shape index (κ2) is 7.02. The van der Waals surface area contributed by atoms with Gasteiger partial charge in [-0.25, -0.2) is 17.8 Å². The first-order valence-corrected chi connectivity index (χ1v) is 10.0. The third kappa shape index (κ3) is 3.94. The highest BCUT2D eigenvalue weighted by atomic mass is 35.5. The smallest absolute Gasteiger partial charge is 0.246 e. The molecule has 1 N–H and O–H groups in total. The van der Waals surface area contributed by atoms with Crippen LogP contribution in [-0.2, 0) is 16.6 Å². The van der Waals surface area contributed by atoms with E-state index in [1.807, 2.05) is 36.4 Å². The Morgan fingerprint density at radius 3 is 2.48 bits per heavy atom. The van der Waals surface area contributed by atoms with Gasteiger partial charge >= 0.3 is 0 Å². The summed E-state index contributed by atoms with van der Waals surface area (Å²) in [5, 5.41) is 6.66. The third-order valence-corrected chi connectivity index (χ3v) is 5.63. The fourth-order valence-electron chi connectivity index (χ4n) is 2.71. The van der Waals surface area contributed by atoms with E-state index in [1.54, 1.807) is 35.0 Å². The van der Waals surface area contributed by atoms with Crippen molar-refractivity contribution in [3.63, 3.8) is 0 Å². The predicted molar refractivity (Wildman–Crippen MR) is 105 cm³/mol. The average Bonchev–Trinajstić information content (AvgIpc) is 3.09. The van der Waals surface area contributed by atoms with Crippen LogP contribution in [0.4, 0.5) is 5.95 Å². The Morgan fingerprint density at radius 2 is 1.70 bits per heavy atom. The van der Waals surface area contributed by atoms with Gasteiger partial charge in [0.25, 0.3) is 16.0 Å². The molecule has 0 unspecified atom stereocenters. The number of halogens is 1. The van der Waals surface area contributed by atoms with Crippen LogP contribution in [0.25, 0.3) is 10.8 Å². The summed E-state index contributed by atoms with van der Waals surface area (Å²) < 4.78 is 29.3. The van der Waals surface area contributed by atoms with Crippen LogP contribution in [0.2, 0.25) is 5.02 Å². The molecular weight excluding hydrogens is 384 g/mol. The van der Waals surface area contributed by atoms with Gasteiger partial charge in [-0.15, -0.1) is 5.10 Å². The number of benzene rings is 3. The number of hydrogen-bond donors (Lipinski definition) is 1. The van der Waals surface area contributed by atoms with Gasteiger partial charge in [-0.2, -0.15) is 4.98 Å². The molecule has 0 fully saturated rings. The molecule has 0 saturated heterocycles. The van der Waals surface area contributed by atoms with Gasteiger partial charge in [0.1, 0.15) is 6.33 Å². The van der Waals surface area contributed by atoms with Crippen LogP contribution in [0.3, 0.4) is 0 Å². The number of nitrogens with one attached hydrogen (secondary N) is 1. The van der Waals surface area contributed by atoms with Crippen LogP contribution in [0.1, 0.15) is 5.56 Å². The highest BCUT2D eigenvalue weighted by Crippen LogP contribution is 2.20. The maximum Gasteiger partial charge on any atom is 0.264 e. The summed E-state index contributed by atoms with van der Waals surface area (Å²) in [6.07, 6.45) is 1.48. The first kappa shape index (κ1) is 17.5. The molecule has 1 heterocycles. The summed E-state index contributed by atoms with van der Waals surface area (Å²) in [4.78, 5) is 4.20. The Hall–Kier alpha value is -2.90. The second-order valence-corrected chi connectivity index (χ2v) is 8.13. The van der Waals surface area contributed by atoms with Crippen LogP contribution >= 0.6 is 11.6 Å². The number of fused-ring (bicyclic) bond motifs is 1. The van der Waals surface area contributed by atoms with Crippen LogP contribution < -0.4 is 4.72 Å². The van der Waals surface area contributed by atoms with E-state index in [-0.39, 0.29) is 10.8 Å². The van der Waals surface area contributed by atoms with Crippen molar-refractivity contribution < 1.29 is 8.42 Å². The predicted octanol–water partition coefficient (Wildman–Crippen LogP) is 3.93. The summed E-state index contributed by atoms with van der Waals surface area (Å²) >= 11 is 5.87. The van der Waals surface area contributed by atoms with E-state index in [0.717, 1.165) is 16.3 Å². The van der Waals surface area contributed by atoms with E-state index < -0.39 is 10.0 Å². The molecule has 0 bridgehead atoms. The lowest BCUT2D eigenvalue weighted by Gasteiger charge is -2.06. The molecule has 0 saturated carbocycles. The lowest BCUT2D eigenvalue weighted by Crippen LogP contribution is -2.14. The van der Waals surface area contributed by atoms with Gasteiger partial charge in [0.15, 0.2) is 0 Å². The lowest BCUT2D eigenvalue weighted by atomic mass is 10.1. The number of aromatic nitrogens is 3. The van der Waals surface area contributed by atoms with Gasteiger partial charge in [-0.3, -0.25) is 0 Å². The van der Waals surface area contributed by atoms with Crippen molar-refractivity contribution in [2.24, 2.45) is 0 Å². The van der Waals surface area contributed by atoms with Gasteiger partial charge < -0.3 is 0 Å². The summed E-state index contributed by atoms with van der Waals surface area (Å²) in [6.45, 7) is 0.460. The highest BCUT2D eigenvalue weighted by Gasteiger charge is 2.17. The molecule has 4 rings (SSSR count). The molecule has 27 heavy (non-hydrogen) atoms. The Labute approximate surface area is 161 Å². The van der Waals surface area contributed by atoms with Crippen molar-refractivity contribution in [3.05, 3.63) is 83.6 Å². The highest BCUT2D eigenvalue weighted by molar-refractivity contribution is 7.92. The van der Waals surface area contributed by atoms with E-state index in [4.69, 9.17) is 11.6 Å². The largest absolute Gasteiger partial charge is 0.264 e. The Morgan fingerprint density at radius 1 is 0.963 bits per heavy atom. The molecule has 1 aromatic heterocycles. The van der Waals surface area contributed by atoms with E-state index in [2.05, 4.69) is 14.8 Å². The third-order valence-electron chi connectivity index (χ3n) is 4.05. The average molecular weight is 399 g/mol. The van der Waals surface area contributed by atoms with Gasteiger partial charge in [0, 0.05) is 5.02 Å². The fourth-order valence-corrected chi connectivity index (χ4v) is 3.82. The SMILES string of the molecule is O=S(=O)(Nc1ncn(Cc2ccc(Cl)cc2)n1)c1ccc2ccccc2c1. The molecule has 0 aliphatic heterocycles. The van der Waals surface area contributed by atoms with Crippen molar-refractivity contribution in [1.29, 1.82) is 0 Å². The molecule has 3 aromatic carbocycles. The summed E-state index contributed by atoms with van der Waals surface area (Å²) in [7, 11) is -3.78. The molecule has 0 spiro atoms. The summed E-state index contributed by atoms with van der Waals surface area (Å²) in [6, 6.07) is 19.9. The molecule has 4 aromatic rings. The number of nitrogens with zero attached hydrogens (tertiary/aromatic N) is 3. The first-order valence-electron chi connectivity index (χ1n) is 8.15. The quantitative estimate of drug-likeness (QED) is 0.552. The van der Waals surface area contributed by atoms with E-state index in [0.29, 0.717) is 11.6 Å². The molecule has 0 atom stereocenters. The number of rotatable bonds is 5. The van der Waals surface area contributed by atoms with Crippen LogP contribution in [-0.4, -0.2) is 23.2 Å². The van der Waals surface area contributed by atoms with Crippen LogP contribution in [0, 0.1) is 0 Å². The minimum Gasteiger partial charge on any atom is -0.246 e. The van der Waals surface area contributed by atoms with Gasteiger partial charge in [0.05, 0.1) is 11.4 Å². The molecule has 0 aliphatic rings. The Balaban J connectivity index is 1.53. The fraction of sp³-hybridized carbons (Fsp3) is 0.0526. The van der Waals surface area contributed by atoms with Gasteiger partial charge in [-0.05, 0) is 40.6 Å². The number of hydrogen-bond acceptors (Lipinski definition) is 4. The Kier molecular flexibility index (Phi) is 4.55. The number of sulfonamides is 1. The standard InChI is InChI=1S/C19H15ClN4O2S/c20-17-8-5-14(6-9-17)12-24-13-21-19(22-24)23-27(25,26)18-10-7-15-3-1-2-4-16(15)11-18/h1-11,13H,12H2,(H,22,23). The molecule has 0 radical (unpaired) electrons. The maximum atomic E-state index is 12.6. The molecule has 0 amide bonds. The zero-order valence-electron chi connectivity index (χ0n) is 14.1. The molecule has 8 heteroatoms. The molecule has 6 nitrogen and oxygen atoms in total. The van der Waals surface area contributed by atoms with E-state index in [9.17, 15) is 8.42 Å². The first-order chi connectivity index (χ1) is 13.0. The van der Waals surface area contributed by atoms with Crippen LogP contribution in [0.15, 0.2) is 78.0 Å². The zero-order chi connectivity index (χ0) is 18.9. The van der Waals surface area contributed by atoms with E-state index >= 15 is 0 Å². The number of anilines is 1. The summed E-state index contributed by atoms with van der Waals surface area (Å²) in [5.74, 6) is 0.0251. The van der Waals surface area contributed by atoms with Crippen molar-refractivity contribution >= 4 is 38.3 Å². The summed E-state index contributed by atoms with van der Waals surface area (Å²) in [5.41, 5.74) is 0.980. The topological polar surface area (TPSA) is 76.9 Å². The van der Waals surface area contributed by atoms with Gasteiger partial charge in [-0.1, -0.05) is 54.1 Å². The van der Waals surface area contributed by atoms with Crippen molar-refractivity contribution in [2.45, 2.75) is 11.4 Å². The minimum atomic E-state index is -3.78. The van der Waals surface area contributed by atoms with E-state index in [1.165, 1.54) is 6.33 Å². The monoisotopic (exact) mass is 398 g/mol. The normalized spacial score (nSPS) is 11.6. The van der Waals surface area contributed by atoms with Crippen molar-refractivity contribution in [1.82, 2.24) is 14.8 Å². The zero-order valence-corrected chi connectivity index (χ0v) is 15.7. The Bertz CT molecular complexity index is 1200.